The van der Waals surface area contributed by atoms with Crippen LogP contribution in [0.15, 0.2) is 5.16 Å². The van der Waals surface area contributed by atoms with Crippen LogP contribution in [0, 0.1) is 5.92 Å². The summed E-state index contributed by atoms with van der Waals surface area (Å²) in [4.78, 5) is 11.7. The zero-order valence-corrected chi connectivity index (χ0v) is 12.0. The number of thioether (sulfide) groups is 1. The van der Waals surface area contributed by atoms with E-state index in [4.69, 9.17) is 5.84 Å². The normalized spacial score (nSPS) is 13.6. The molecule has 0 aliphatic heterocycles. The molecule has 20 heavy (non-hydrogen) atoms. The molecule has 1 amide bonds. The Balaban J connectivity index is 2.69. The van der Waals surface area contributed by atoms with Crippen molar-refractivity contribution in [2.45, 2.75) is 37.4 Å². The van der Waals surface area contributed by atoms with Crippen LogP contribution < -0.4 is 11.2 Å². The second kappa shape index (κ2) is 6.33. The van der Waals surface area contributed by atoms with E-state index in [1.54, 1.807) is 6.92 Å². The standard InChI is InChI=1S/C10H16F3N5OS/c1-5(2)4-15-7(19)6(3)20-9-17-16-8(18(9)14)10(11,12)13/h5-6H,4,14H2,1-3H3,(H,15,19). The Bertz CT molecular complexity index is 474. The van der Waals surface area contributed by atoms with Crippen molar-refractivity contribution < 1.29 is 18.0 Å². The molecule has 0 bridgehead atoms. The summed E-state index contributed by atoms with van der Waals surface area (Å²) >= 11 is 0.819. The van der Waals surface area contributed by atoms with Crippen LogP contribution in [0.1, 0.15) is 26.6 Å². The molecule has 10 heteroatoms. The molecule has 114 valence electrons. The molecule has 0 aliphatic carbocycles. The number of nitrogens with zero attached hydrogens (tertiary/aromatic N) is 3. The quantitative estimate of drug-likeness (QED) is 0.631. The molecule has 0 saturated heterocycles. The second-order valence-electron chi connectivity index (χ2n) is 4.57. The number of carbonyl (C=O) groups is 1. The molecule has 0 spiro atoms. The van der Waals surface area contributed by atoms with Crippen LogP contribution in [0.4, 0.5) is 13.2 Å². The highest BCUT2D eigenvalue weighted by atomic mass is 32.2. The Morgan fingerprint density at radius 1 is 1.40 bits per heavy atom. The van der Waals surface area contributed by atoms with Gasteiger partial charge in [-0.15, -0.1) is 10.2 Å². The first-order valence-corrected chi connectivity index (χ1v) is 6.73. The SMILES string of the molecule is CC(C)CNC(=O)C(C)Sc1nnc(C(F)(F)F)n1N. The van der Waals surface area contributed by atoms with Crippen molar-refractivity contribution in [1.82, 2.24) is 20.2 Å². The number of nitrogens with two attached hydrogens (primary N) is 1. The molecule has 0 saturated carbocycles. The highest BCUT2D eigenvalue weighted by Crippen LogP contribution is 2.29. The Labute approximate surface area is 118 Å². The maximum Gasteiger partial charge on any atom is 0.453 e. The summed E-state index contributed by atoms with van der Waals surface area (Å²) in [7, 11) is 0. The largest absolute Gasteiger partial charge is 0.453 e. The average molecular weight is 311 g/mol. The molecule has 1 aromatic heterocycles. The zero-order valence-electron chi connectivity index (χ0n) is 11.2. The van der Waals surface area contributed by atoms with Crippen molar-refractivity contribution in [3.05, 3.63) is 5.82 Å². The van der Waals surface area contributed by atoms with E-state index in [9.17, 15) is 18.0 Å². The monoisotopic (exact) mass is 311 g/mol. The minimum Gasteiger partial charge on any atom is -0.355 e. The molecule has 1 heterocycles. The van der Waals surface area contributed by atoms with E-state index in [1.807, 2.05) is 13.8 Å². The molecule has 6 nitrogen and oxygen atoms in total. The molecule has 0 radical (unpaired) electrons. The van der Waals surface area contributed by atoms with Crippen LogP contribution >= 0.6 is 11.8 Å². The number of hydrogen-bond acceptors (Lipinski definition) is 5. The number of rotatable bonds is 5. The van der Waals surface area contributed by atoms with Gasteiger partial charge in [0.1, 0.15) is 0 Å². The van der Waals surface area contributed by atoms with E-state index in [1.165, 1.54) is 0 Å². The first-order valence-electron chi connectivity index (χ1n) is 5.85. The first kappa shape index (κ1) is 16.6. The fraction of sp³-hybridized carbons (Fsp3) is 0.700. The number of alkyl halides is 3. The number of hydrogen-bond donors (Lipinski definition) is 2. The Morgan fingerprint density at radius 3 is 2.45 bits per heavy atom. The summed E-state index contributed by atoms with van der Waals surface area (Å²) in [6.45, 7) is 5.92. The molecule has 0 aliphatic rings. The molecule has 1 aromatic rings. The highest BCUT2D eigenvalue weighted by molar-refractivity contribution is 8.00. The molecule has 1 unspecified atom stereocenters. The van der Waals surface area contributed by atoms with Gasteiger partial charge in [-0.1, -0.05) is 25.6 Å². The van der Waals surface area contributed by atoms with Crippen molar-refractivity contribution in [2.24, 2.45) is 5.92 Å². The van der Waals surface area contributed by atoms with Crippen LogP contribution in [-0.2, 0) is 11.0 Å². The van der Waals surface area contributed by atoms with Crippen molar-refractivity contribution in [3.8, 4) is 0 Å². The van der Waals surface area contributed by atoms with Crippen molar-refractivity contribution >= 4 is 17.7 Å². The number of amides is 1. The van der Waals surface area contributed by atoms with E-state index in [2.05, 4.69) is 15.5 Å². The number of aromatic nitrogens is 3. The van der Waals surface area contributed by atoms with Crippen molar-refractivity contribution in [2.75, 3.05) is 12.4 Å². The van der Waals surface area contributed by atoms with Crippen molar-refractivity contribution in [3.63, 3.8) is 0 Å². The van der Waals surface area contributed by atoms with Gasteiger partial charge >= 0.3 is 6.18 Å². The van der Waals surface area contributed by atoms with Crippen LogP contribution in [0.2, 0.25) is 0 Å². The lowest BCUT2D eigenvalue weighted by Gasteiger charge is -2.13. The summed E-state index contributed by atoms with van der Waals surface area (Å²) in [6.07, 6.45) is -4.68. The van der Waals surface area contributed by atoms with E-state index in [-0.39, 0.29) is 17.0 Å². The van der Waals surface area contributed by atoms with Crippen molar-refractivity contribution in [1.29, 1.82) is 0 Å². The third-order valence-electron chi connectivity index (χ3n) is 2.25. The number of carbonyl (C=O) groups excluding carboxylic acids is 1. The molecular formula is C10H16F3N5OS. The van der Waals surface area contributed by atoms with Gasteiger partial charge in [0.05, 0.1) is 5.25 Å². The van der Waals surface area contributed by atoms with Gasteiger partial charge in [0.2, 0.25) is 11.1 Å². The molecule has 0 fully saturated rings. The van der Waals surface area contributed by atoms with Gasteiger partial charge in [0, 0.05) is 6.54 Å². The average Bonchev–Trinajstić information content (AvgIpc) is 2.67. The summed E-state index contributed by atoms with van der Waals surface area (Å²) in [5, 5.41) is 8.23. The Kier molecular flexibility index (Phi) is 5.26. The van der Waals surface area contributed by atoms with Gasteiger partial charge in [-0.25, -0.2) is 4.68 Å². The van der Waals surface area contributed by atoms with E-state index < -0.39 is 17.3 Å². The Hall–Kier alpha value is -1.45. The molecule has 1 atom stereocenters. The highest BCUT2D eigenvalue weighted by Gasteiger charge is 2.38. The lowest BCUT2D eigenvalue weighted by Crippen LogP contribution is -2.34. The summed E-state index contributed by atoms with van der Waals surface area (Å²) in [5.41, 5.74) is 0. The Morgan fingerprint density at radius 2 is 2.00 bits per heavy atom. The zero-order chi connectivity index (χ0) is 15.5. The number of halogens is 3. The fourth-order valence-electron chi connectivity index (χ4n) is 1.21. The molecule has 0 aromatic carbocycles. The maximum absolute atomic E-state index is 12.5. The first-order chi connectivity index (χ1) is 9.12. The fourth-order valence-corrected chi connectivity index (χ4v) is 2.01. The van der Waals surface area contributed by atoms with Crippen LogP contribution in [0.25, 0.3) is 0 Å². The lowest BCUT2D eigenvalue weighted by molar-refractivity contribution is -0.146. The lowest BCUT2D eigenvalue weighted by atomic mass is 10.2. The predicted molar refractivity (Wildman–Crippen MR) is 68.3 cm³/mol. The van der Waals surface area contributed by atoms with E-state index in [0.29, 0.717) is 11.2 Å². The third-order valence-corrected chi connectivity index (χ3v) is 3.31. The van der Waals surface area contributed by atoms with Crippen LogP contribution in [0.3, 0.4) is 0 Å². The number of nitrogen functional groups attached to an aromatic ring is 1. The maximum atomic E-state index is 12.5. The summed E-state index contributed by atoms with van der Waals surface area (Å²) in [6, 6.07) is 0. The summed E-state index contributed by atoms with van der Waals surface area (Å²) in [5.74, 6) is 3.97. The molecule has 1 rings (SSSR count). The predicted octanol–water partition coefficient (Wildman–Crippen LogP) is 1.26. The molecule has 3 N–H and O–H groups in total. The number of nitrogens with one attached hydrogen (secondary N) is 1. The smallest absolute Gasteiger partial charge is 0.355 e. The topological polar surface area (TPSA) is 85.8 Å². The van der Waals surface area contributed by atoms with Gasteiger partial charge < -0.3 is 11.2 Å². The van der Waals surface area contributed by atoms with E-state index in [0.717, 1.165) is 11.8 Å². The van der Waals surface area contributed by atoms with Gasteiger partial charge in [0.25, 0.3) is 5.82 Å². The van der Waals surface area contributed by atoms with Crippen LogP contribution in [0.5, 0.6) is 0 Å². The molecular weight excluding hydrogens is 295 g/mol. The van der Waals surface area contributed by atoms with Gasteiger partial charge in [0.15, 0.2) is 0 Å². The van der Waals surface area contributed by atoms with Gasteiger partial charge in [-0.05, 0) is 12.8 Å². The van der Waals surface area contributed by atoms with Gasteiger partial charge in [-0.3, -0.25) is 4.79 Å². The van der Waals surface area contributed by atoms with Gasteiger partial charge in [-0.2, -0.15) is 13.2 Å². The second-order valence-corrected chi connectivity index (χ2v) is 5.88. The summed E-state index contributed by atoms with van der Waals surface area (Å²) < 4.78 is 37.8. The minimum atomic E-state index is -4.68. The minimum absolute atomic E-state index is 0.162. The van der Waals surface area contributed by atoms with Crippen LogP contribution in [-0.4, -0.2) is 32.6 Å². The third kappa shape index (κ3) is 4.29. The van der Waals surface area contributed by atoms with E-state index >= 15 is 0 Å².